The van der Waals surface area contributed by atoms with E-state index in [0.29, 0.717) is 42.0 Å². The van der Waals surface area contributed by atoms with Crippen molar-refractivity contribution >= 4 is 41.3 Å². The average molecular weight is 547 g/mol. The van der Waals surface area contributed by atoms with Crippen molar-refractivity contribution < 1.29 is 18.9 Å². The number of halogens is 1. The fourth-order valence-corrected chi connectivity index (χ4v) is 5.53. The molecule has 2 fully saturated rings. The standard InChI is InChI=1S/C28H28ClN7O3/c1-28(16-39-17-28)27(38)35-11-2-3-20(15-35)24-22-14-31-10-12-36(22,30)25(34-24)18-4-6-19(7-5-18)26(37)33-23-9-8-21(29)13-32-23/h4-10,12-14,20H,2-3,11,15-17,30H2,1H3/p+1/t20-,36?/m1/s1. The lowest BCUT2D eigenvalue weighted by Crippen LogP contribution is -2.55. The van der Waals surface area contributed by atoms with Crippen LogP contribution in [-0.2, 0) is 9.53 Å². The van der Waals surface area contributed by atoms with Gasteiger partial charge in [0.25, 0.3) is 11.7 Å². The average Bonchev–Trinajstić information content (AvgIpc) is 3.25. The van der Waals surface area contributed by atoms with Gasteiger partial charge in [-0.3, -0.25) is 14.6 Å². The number of nitrogens with zero attached hydrogens (tertiary/aromatic N) is 5. The molecule has 39 heavy (non-hydrogen) atoms. The number of hydrogen-bond donors (Lipinski definition) is 2. The number of aliphatic imine (C=N–C) groups is 2. The minimum Gasteiger partial charge on any atom is -0.379 e. The lowest BCUT2D eigenvalue weighted by molar-refractivity contribution is -0.750. The molecule has 1 aromatic carbocycles. The van der Waals surface area contributed by atoms with Gasteiger partial charge in [-0.2, -0.15) is 10.8 Å². The third-order valence-electron chi connectivity index (χ3n) is 7.65. The van der Waals surface area contributed by atoms with Crippen LogP contribution < -0.4 is 11.2 Å². The van der Waals surface area contributed by atoms with E-state index in [-0.39, 0.29) is 22.3 Å². The molecule has 0 aliphatic carbocycles. The molecule has 5 heterocycles. The molecule has 0 radical (unpaired) electrons. The fraction of sp³-hybridized carbons (Fsp3) is 0.321. The van der Waals surface area contributed by atoms with Gasteiger partial charge in [0.15, 0.2) is 0 Å². The highest BCUT2D eigenvalue weighted by Crippen LogP contribution is 2.39. The SMILES string of the molecule is CC1(C(=O)N2CCC[C@@H](C3=C4C=NC=C[N+]4(N)C(c4ccc(C(=O)Nc5ccc(Cl)cn5)cc4)=N3)C2)COC1. The highest BCUT2D eigenvalue weighted by Gasteiger charge is 2.48. The molecule has 6 rings (SSSR count). The Morgan fingerprint density at radius 1 is 1.21 bits per heavy atom. The van der Waals surface area contributed by atoms with E-state index in [1.807, 2.05) is 24.0 Å². The summed E-state index contributed by atoms with van der Waals surface area (Å²) in [5.74, 6) is 7.86. The summed E-state index contributed by atoms with van der Waals surface area (Å²) in [5, 5.41) is 3.26. The topological polar surface area (TPSA) is 122 Å². The number of allylic oxidation sites excluding steroid dienone is 1. The monoisotopic (exact) mass is 546 g/mol. The number of carbonyl (C=O) groups excluding carboxylic acids is 2. The van der Waals surface area contributed by atoms with E-state index in [4.69, 9.17) is 27.2 Å². The predicted molar refractivity (Wildman–Crippen MR) is 148 cm³/mol. The number of pyridine rings is 1. The van der Waals surface area contributed by atoms with E-state index >= 15 is 0 Å². The number of benzene rings is 1. The number of amides is 2. The van der Waals surface area contributed by atoms with E-state index in [2.05, 4.69) is 15.3 Å². The van der Waals surface area contributed by atoms with E-state index in [1.54, 1.807) is 42.9 Å². The normalized spacial score (nSPS) is 25.2. The predicted octanol–water partition coefficient (Wildman–Crippen LogP) is 3.48. The molecule has 0 bridgehead atoms. The maximum absolute atomic E-state index is 13.2. The number of likely N-dealkylation sites (tertiary alicyclic amines) is 1. The van der Waals surface area contributed by atoms with Crippen molar-refractivity contribution in [2.75, 3.05) is 31.6 Å². The zero-order valence-corrected chi connectivity index (χ0v) is 22.3. The van der Waals surface area contributed by atoms with Gasteiger partial charge in [-0.15, -0.1) is 4.59 Å². The molecule has 0 saturated carbocycles. The summed E-state index contributed by atoms with van der Waals surface area (Å²) in [6.45, 7) is 4.21. The molecule has 3 N–H and O–H groups in total. The Bertz CT molecular complexity index is 1440. The van der Waals surface area contributed by atoms with Crippen LogP contribution in [0.1, 0.15) is 35.7 Å². The summed E-state index contributed by atoms with van der Waals surface area (Å²) in [6, 6.07) is 10.4. The summed E-state index contributed by atoms with van der Waals surface area (Å²) in [6.07, 6.45) is 8.49. The number of aromatic nitrogens is 1. The van der Waals surface area contributed by atoms with Gasteiger partial charge in [-0.25, -0.2) is 4.98 Å². The van der Waals surface area contributed by atoms with E-state index < -0.39 is 5.41 Å². The van der Waals surface area contributed by atoms with Crippen molar-refractivity contribution in [3.8, 4) is 0 Å². The van der Waals surface area contributed by atoms with Crippen molar-refractivity contribution in [1.29, 1.82) is 0 Å². The first-order valence-corrected chi connectivity index (χ1v) is 13.3. The van der Waals surface area contributed by atoms with Gasteiger partial charge in [0.05, 0.1) is 41.6 Å². The summed E-state index contributed by atoms with van der Waals surface area (Å²) >= 11 is 5.88. The highest BCUT2D eigenvalue weighted by molar-refractivity contribution is 6.30. The number of fused-ring (bicyclic) bond motifs is 1. The van der Waals surface area contributed by atoms with Crippen molar-refractivity contribution in [2.24, 2.45) is 27.2 Å². The van der Waals surface area contributed by atoms with Crippen molar-refractivity contribution in [1.82, 2.24) is 9.88 Å². The van der Waals surface area contributed by atoms with Crippen LogP contribution >= 0.6 is 11.6 Å². The Hall–Kier alpha value is -3.70. The molecular formula is C28H29ClN7O3+. The fourth-order valence-electron chi connectivity index (χ4n) is 5.41. The Labute approximate surface area is 231 Å². The molecule has 2 saturated heterocycles. The van der Waals surface area contributed by atoms with Crippen LogP contribution in [0.15, 0.2) is 76.4 Å². The molecule has 11 heteroatoms. The Morgan fingerprint density at radius 3 is 2.69 bits per heavy atom. The van der Waals surface area contributed by atoms with Crippen LogP contribution in [0, 0.1) is 11.3 Å². The van der Waals surface area contributed by atoms with Gasteiger partial charge in [0.2, 0.25) is 11.6 Å². The van der Waals surface area contributed by atoms with Gasteiger partial charge in [0.1, 0.15) is 17.7 Å². The highest BCUT2D eigenvalue weighted by atomic mass is 35.5. The summed E-state index contributed by atoms with van der Waals surface area (Å²) in [5.41, 5.74) is 2.46. The summed E-state index contributed by atoms with van der Waals surface area (Å²) in [7, 11) is 0. The van der Waals surface area contributed by atoms with Crippen LogP contribution in [-0.4, -0.2) is 64.6 Å². The lowest BCUT2D eigenvalue weighted by Gasteiger charge is -2.42. The molecule has 0 spiro atoms. The van der Waals surface area contributed by atoms with E-state index in [0.717, 1.165) is 36.3 Å². The quantitative estimate of drug-likeness (QED) is 0.439. The molecule has 1 aromatic heterocycles. The number of quaternary nitrogens is 1. The van der Waals surface area contributed by atoms with E-state index in [1.165, 1.54) is 6.20 Å². The van der Waals surface area contributed by atoms with Crippen LogP contribution in [0.3, 0.4) is 0 Å². The second-order valence-corrected chi connectivity index (χ2v) is 11.0. The van der Waals surface area contributed by atoms with Crippen LogP contribution in [0.2, 0.25) is 5.02 Å². The Kier molecular flexibility index (Phi) is 6.43. The number of nitrogens with one attached hydrogen (secondary N) is 1. The van der Waals surface area contributed by atoms with Crippen molar-refractivity contribution in [3.63, 3.8) is 0 Å². The molecule has 2 atom stereocenters. The number of rotatable bonds is 5. The van der Waals surface area contributed by atoms with Crippen LogP contribution in [0.4, 0.5) is 5.82 Å². The minimum atomic E-state index is -0.440. The number of nitrogens with two attached hydrogens (primary N) is 1. The number of ether oxygens (including phenoxy) is 1. The maximum atomic E-state index is 13.2. The zero-order valence-electron chi connectivity index (χ0n) is 21.5. The number of hydrogen-bond acceptors (Lipinski definition) is 7. The zero-order chi connectivity index (χ0) is 27.2. The second kappa shape index (κ2) is 9.80. The number of anilines is 1. The van der Waals surface area contributed by atoms with Gasteiger partial charge >= 0.3 is 0 Å². The van der Waals surface area contributed by atoms with E-state index in [9.17, 15) is 9.59 Å². The van der Waals surface area contributed by atoms with Gasteiger partial charge in [-0.05, 0) is 56.2 Å². The first kappa shape index (κ1) is 25.6. The molecule has 4 aliphatic rings. The van der Waals surface area contributed by atoms with Crippen molar-refractivity contribution in [3.05, 3.63) is 82.5 Å². The minimum absolute atomic E-state index is 0.0377. The summed E-state index contributed by atoms with van der Waals surface area (Å²) < 4.78 is 5.21. The Balaban J connectivity index is 1.24. The van der Waals surface area contributed by atoms with Crippen LogP contribution in [0.5, 0.6) is 0 Å². The first-order chi connectivity index (χ1) is 18.8. The lowest BCUT2D eigenvalue weighted by atomic mass is 9.85. The number of piperidine rings is 1. The molecule has 1 unspecified atom stereocenters. The van der Waals surface area contributed by atoms with Crippen molar-refractivity contribution in [2.45, 2.75) is 19.8 Å². The van der Waals surface area contributed by atoms with Gasteiger partial charge in [0, 0.05) is 30.8 Å². The van der Waals surface area contributed by atoms with Gasteiger partial charge < -0.3 is 15.0 Å². The third kappa shape index (κ3) is 4.59. The second-order valence-electron chi connectivity index (χ2n) is 10.6. The molecule has 200 valence electrons. The molecule has 10 nitrogen and oxygen atoms in total. The summed E-state index contributed by atoms with van der Waals surface area (Å²) in [4.78, 5) is 41.4. The molecular weight excluding hydrogens is 518 g/mol. The largest absolute Gasteiger partial charge is 0.379 e. The number of carbonyl (C=O) groups is 2. The maximum Gasteiger partial charge on any atom is 0.264 e. The number of amidine groups is 1. The Morgan fingerprint density at radius 2 is 2.00 bits per heavy atom. The molecule has 4 aliphatic heterocycles. The molecule has 2 aromatic rings. The molecule has 2 amide bonds. The first-order valence-electron chi connectivity index (χ1n) is 12.9. The smallest absolute Gasteiger partial charge is 0.264 e. The van der Waals surface area contributed by atoms with Gasteiger partial charge in [-0.1, -0.05) is 11.6 Å². The van der Waals surface area contributed by atoms with Crippen LogP contribution in [0.25, 0.3) is 0 Å². The third-order valence-corrected chi connectivity index (χ3v) is 7.87.